The van der Waals surface area contributed by atoms with Crippen LogP contribution in [0.1, 0.15) is 42.9 Å². The van der Waals surface area contributed by atoms with Crippen molar-refractivity contribution in [1.82, 2.24) is 0 Å². The summed E-state index contributed by atoms with van der Waals surface area (Å²) < 4.78 is 0. The quantitative estimate of drug-likeness (QED) is 0.492. The first-order valence-corrected chi connectivity index (χ1v) is 9.79. The van der Waals surface area contributed by atoms with Gasteiger partial charge in [0.1, 0.15) is 0 Å². The van der Waals surface area contributed by atoms with Crippen molar-refractivity contribution in [2.24, 2.45) is 10.7 Å². The molecule has 0 bridgehead atoms. The second-order valence-corrected chi connectivity index (χ2v) is 7.51. The fourth-order valence-corrected chi connectivity index (χ4v) is 3.92. The molecule has 0 amide bonds. The van der Waals surface area contributed by atoms with E-state index in [1.165, 1.54) is 27.5 Å². The third kappa shape index (κ3) is 3.18. The Morgan fingerprint density at radius 3 is 2.44 bits per heavy atom. The first kappa shape index (κ1) is 17.6. The minimum Gasteiger partial charge on any atom is -0.369 e. The van der Waals surface area contributed by atoms with Crippen LogP contribution in [-0.2, 0) is 12.8 Å². The van der Waals surface area contributed by atoms with Gasteiger partial charge in [0, 0.05) is 18.1 Å². The maximum Gasteiger partial charge on any atom is 0.200 e. The number of anilines is 1. The zero-order valence-corrected chi connectivity index (χ0v) is 16.4. The lowest BCUT2D eigenvalue weighted by Crippen LogP contribution is -2.33. The average Bonchev–Trinajstić information content (AvgIpc) is 3.13. The molecule has 0 radical (unpaired) electrons. The molecular formula is C24H27N3. The van der Waals surface area contributed by atoms with Crippen LogP contribution in [0.3, 0.4) is 0 Å². The molecule has 0 fully saturated rings. The molecule has 138 valence electrons. The molecule has 3 aromatic rings. The van der Waals surface area contributed by atoms with Gasteiger partial charge in [0.05, 0.1) is 5.69 Å². The fourth-order valence-electron chi connectivity index (χ4n) is 3.92. The van der Waals surface area contributed by atoms with Crippen LogP contribution in [-0.4, -0.2) is 13.0 Å². The number of aryl methyl sites for hydroxylation is 2. The molecule has 1 aliphatic carbocycles. The van der Waals surface area contributed by atoms with Crippen LogP contribution in [0.15, 0.2) is 59.6 Å². The Kier molecular flexibility index (Phi) is 4.61. The number of benzene rings is 3. The Balaban J connectivity index is 1.66. The summed E-state index contributed by atoms with van der Waals surface area (Å²) in [6.45, 7) is 4.47. The number of nitrogens with two attached hydrogens (primary N) is 1. The molecule has 0 spiro atoms. The Morgan fingerprint density at radius 2 is 1.74 bits per heavy atom. The highest BCUT2D eigenvalue weighted by Crippen LogP contribution is 2.36. The average molecular weight is 358 g/mol. The number of rotatable bonds is 4. The van der Waals surface area contributed by atoms with Gasteiger partial charge in [0.2, 0.25) is 5.96 Å². The number of hydrogen-bond donors (Lipinski definition) is 1. The van der Waals surface area contributed by atoms with Crippen LogP contribution in [0, 0.1) is 0 Å². The smallest absolute Gasteiger partial charge is 0.200 e. The molecule has 2 N–H and O–H groups in total. The van der Waals surface area contributed by atoms with Crippen molar-refractivity contribution in [2.75, 3.05) is 11.9 Å². The van der Waals surface area contributed by atoms with E-state index < -0.39 is 0 Å². The highest BCUT2D eigenvalue weighted by Gasteiger charge is 2.16. The summed E-state index contributed by atoms with van der Waals surface area (Å²) in [7, 11) is 1.97. The number of guanidine groups is 1. The van der Waals surface area contributed by atoms with E-state index >= 15 is 0 Å². The minimum atomic E-state index is 0.505. The predicted octanol–water partition coefficient (Wildman–Crippen LogP) is 5.53. The van der Waals surface area contributed by atoms with Crippen molar-refractivity contribution in [3.8, 4) is 0 Å². The van der Waals surface area contributed by atoms with Gasteiger partial charge in [-0.3, -0.25) is 0 Å². The monoisotopic (exact) mass is 357 g/mol. The van der Waals surface area contributed by atoms with Gasteiger partial charge in [0.25, 0.3) is 0 Å². The normalized spacial score (nSPS) is 14.6. The van der Waals surface area contributed by atoms with E-state index in [0.29, 0.717) is 11.9 Å². The topological polar surface area (TPSA) is 41.6 Å². The summed E-state index contributed by atoms with van der Waals surface area (Å²) in [5.74, 6) is 1.08. The molecule has 0 saturated heterocycles. The van der Waals surface area contributed by atoms with Gasteiger partial charge in [0.15, 0.2) is 0 Å². The van der Waals surface area contributed by atoms with E-state index in [1.54, 1.807) is 0 Å². The van der Waals surface area contributed by atoms with Crippen molar-refractivity contribution in [3.63, 3.8) is 0 Å². The first-order chi connectivity index (χ1) is 13.1. The summed E-state index contributed by atoms with van der Waals surface area (Å²) in [4.78, 5) is 6.72. The van der Waals surface area contributed by atoms with Crippen molar-refractivity contribution in [3.05, 3.63) is 71.3 Å². The Hall–Kier alpha value is -2.81. The van der Waals surface area contributed by atoms with Crippen molar-refractivity contribution in [1.29, 1.82) is 0 Å². The molecule has 0 heterocycles. The van der Waals surface area contributed by atoms with E-state index in [0.717, 1.165) is 30.6 Å². The minimum absolute atomic E-state index is 0.505. The zero-order valence-electron chi connectivity index (χ0n) is 16.4. The Morgan fingerprint density at radius 1 is 1.04 bits per heavy atom. The fraction of sp³-hybridized carbons (Fsp3) is 0.292. The lowest BCUT2D eigenvalue weighted by molar-refractivity contribution is 0.733. The molecular weight excluding hydrogens is 330 g/mol. The lowest BCUT2D eigenvalue weighted by Gasteiger charge is -2.19. The van der Waals surface area contributed by atoms with E-state index in [-0.39, 0.29) is 0 Å². The molecule has 1 atom stereocenters. The molecule has 4 rings (SSSR count). The van der Waals surface area contributed by atoms with Crippen molar-refractivity contribution in [2.45, 2.75) is 39.0 Å². The van der Waals surface area contributed by atoms with Gasteiger partial charge in [-0.15, -0.1) is 0 Å². The summed E-state index contributed by atoms with van der Waals surface area (Å²) in [6, 6.07) is 19.4. The van der Waals surface area contributed by atoms with Crippen LogP contribution in [0.2, 0.25) is 0 Å². The van der Waals surface area contributed by atoms with Crippen molar-refractivity contribution >= 4 is 28.1 Å². The molecule has 27 heavy (non-hydrogen) atoms. The molecule has 1 aliphatic rings. The second-order valence-electron chi connectivity index (χ2n) is 7.51. The van der Waals surface area contributed by atoms with Gasteiger partial charge < -0.3 is 10.6 Å². The van der Waals surface area contributed by atoms with Gasteiger partial charge in [-0.05, 0) is 65.5 Å². The summed E-state index contributed by atoms with van der Waals surface area (Å²) in [5, 5.41) is 2.57. The van der Waals surface area contributed by atoms with E-state index in [4.69, 9.17) is 10.7 Å². The van der Waals surface area contributed by atoms with Crippen molar-refractivity contribution < 1.29 is 0 Å². The standard InChI is InChI=1S/C24H27N3/c1-4-16(2)17-10-13-20(14-11-17)27(3)24(25)26-22-15-12-19-9-8-18-6-5-7-21(22)23(18)19/h5-7,10-16H,4,8-9H2,1-3H3,(H2,25,26). The number of aliphatic imine (C=N–C) groups is 1. The number of hydrogen-bond acceptors (Lipinski definition) is 1. The molecule has 0 aliphatic heterocycles. The Bertz CT molecular complexity index is 992. The van der Waals surface area contributed by atoms with E-state index in [2.05, 4.69) is 68.4 Å². The lowest BCUT2D eigenvalue weighted by atomic mass is 9.98. The van der Waals surface area contributed by atoms with E-state index in [9.17, 15) is 0 Å². The summed E-state index contributed by atoms with van der Waals surface area (Å²) >= 11 is 0. The molecule has 0 aromatic heterocycles. The van der Waals surface area contributed by atoms with Crippen LogP contribution < -0.4 is 10.6 Å². The zero-order chi connectivity index (χ0) is 19.0. The van der Waals surface area contributed by atoms with Crippen LogP contribution in [0.5, 0.6) is 0 Å². The van der Waals surface area contributed by atoms with Crippen LogP contribution >= 0.6 is 0 Å². The van der Waals surface area contributed by atoms with Gasteiger partial charge >= 0.3 is 0 Å². The Labute approximate surface area is 161 Å². The largest absolute Gasteiger partial charge is 0.369 e. The van der Waals surface area contributed by atoms with Gasteiger partial charge in [-0.1, -0.05) is 50.2 Å². The number of nitrogens with zero attached hydrogens (tertiary/aromatic N) is 2. The molecule has 1 unspecified atom stereocenters. The molecule has 0 saturated carbocycles. The highest BCUT2D eigenvalue weighted by atomic mass is 15.2. The van der Waals surface area contributed by atoms with Crippen LogP contribution in [0.4, 0.5) is 11.4 Å². The van der Waals surface area contributed by atoms with Gasteiger partial charge in [-0.2, -0.15) is 0 Å². The maximum atomic E-state index is 6.36. The van der Waals surface area contributed by atoms with E-state index in [1.807, 2.05) is 11.9 Å². The SMILES string of the molecule is CCC(C)c1ccc(N(C)C(N)=Nc2ccc3c4c(cccc24)CC3)cc1. The van der Waals surface area contributed by atoms with Crippen LogP contribution in [0.25, 0.3) is 10.8 Å². The molecule has 3 nitrogen and oxygen atoms in total. The second kappa shape index (κ2) is 7.07. The molecule has 3 heteroatoms. The molecule has 3 aromatic carbocycles. The predicted molar refractivity (Wildman–Crippen MR) is 116 cm³/mol. The maximum absolute atomic E-state index is 6.36. The third-order valence-corrected chi connectivity index (χ3v) is 5.89. The first-order valence-electron chi connectivity index (χ1n) is 9.79. The highest BCUT2D eigenvalue weighted by molar-refractivity contribution is 6.02. The summed E-state index contributed by atoms with van der Waals surface area (Å²) in [6.07, 6.45) is 3.39. The third-order valence-electron chi connectivity index (χ3n) is 5.89. The summed E-state index contributed by atoms with van der Waals surface area (Å²) in [5.41, 5.74) is 12.6. The van der Waals surface area contributed by atoms with Gasteiger partial charge in [-0.25, -0.2) is 4.99 Å².